The highest BCUT2D eigenvalue weighted by atomic mass is 16.5. The third kappa shape index (κ3) is 10.6. The molecule has 0 aromatic rings. The van der Waals surface area contributed by atoms with Crippen molar-refractivity contribution in [2.24, 2.45) is 11.3 Å². The van der Waals surface area contributed by atoms with Crippen LogP contribution in [0.25, 0.3) is 4.85 Å². The molecule has 0 amide bonds. The summed E-state index contributed by atoms with van der Waals surface area (Å²) in [6.45, 7) is 16.8. The molecule has 0 aromatic heterocycles. The monoisotopic (exact) mass is 310 g/mol. The molecule has 1 atom stereocenters. The van der Waals surface area contributed by atoms with E-state index in [0.717, 1.165) is 19.4 Å². The van der Waals surface area contributed by atoms with Crippen LogP contribution in [-0.2, 0) is 14.2 Å². The first-order chi connectivity index (χ1) is 10.6. The molecule has 0 aromatic carbocycles. The first-order valence-corrected chi connectivity index (χ1v) is 8.03. The zero-order valence-corrected chi connectivity index (χ0v) is 14.3. The molecule has 0 aliphatic rings. The van der Waals surface area contributed by atoms with Crippen molar-refractivity contribution in [2.75, 3.05) is 46.2 Å². The van der Waals surface area contributed by atoms with Gasteiger partial charge in [-0.25, -0.2) is 6.57 Å². The van der Waals surface area contributed by atoms with Crippen molar-refractivity contribution >= 4 is 0 Å². The van der Waals surface area contributed by atoms with Crippen LogP contribution in [0.4, 0.5) is 0 Å². The predicted molar refractivity (Wildman–Crippen MR) is 86.3 cm³/mol. The summed E-state index contributed by atoms with van der Waals surface area (Å²) in [4.78, 5) is 3.30. The average molecular weight is 310 g/mol. The van der Waals surface area contributed by atoms with Crippen LogP contribution in [-0.4, -0.2) is 46.2 Å². The molecule has 0 aliphatic heterocycles. The van der Waals surface area contributed by atoms with Gasteiger partial charge in [-0.15, -0.1) is 0 Å². The van der Waals surface area contributed by atoms with E-state index in [0.29, 0.717) is 51.9 Å². The zero-order chi connectivity index (χ0) is 16.7. The molecule has 22 heavy (non-hydrogen) atoms. The minimum Gasteiger partial charge on any atom is -0.381 e. The van der Waals surface area contributed by atoms with Crippen molar-refractivity contribution in [3.05, 3.63) is 11.4 Å². The Balaban J connectivity index is 4.65. The molecular formula is C17H30N2O3. The molecule has 0 N–H and O–H groups in total. The summed E-state index contributed by atoms with van der Waals surface area (Å²) in [6.07, 6.45) is 2.30. The largest absolute Gasteiger partial charge is 0.381 e. The molecule has 0 radical (unpaired) electrons. The van der Waals surface area contributed by atoms with Gasteiger partial charge >= 0.3 is 0 Å². The van der Waals surface area contributed by atoms with E-state index in [-0.39, 0.29) is 5.41 Å². The Bertz CT molecular complexity index is 323. The summed E-state index contributed by atoms with van der Waals surface area (Å²) in [5.41, 5.74) is -0.208. The van der Waals surface area contributed by atoms with Gasteiger partial charge in [-0.2, -0.15) is 5.26 Å². The Morgan fingerprint density at radius 2 is 1.68 bits per heavy atom. The van der Waals surface area contributed by atoms with Gasteiger partial charge in [-0.3, -0.25) is 0 Å². The standard InChI is InChI=1S/C17H30N2O3/c1-5-9-20-13-17(12-16(2)3,14-21-10-6-7-18)15-22-11-8-19-4/h16H,5-6,8-15H2,1-3H3. The fourth-order valence-electron chi connectivity index (χ4n) is 2.41. The molecule has 0 rings (SSSR count). The van der Waals surface area contributed by atoms with Crippen LogP contribution in [0.5, 0.6) is 0 Å². The van der Waals surface area contributed by atoms with Gasteiger partial charge in [0.15, 0.2) is 0 Å². The van der Waals surface area contributed by atoms with Crippen molar-refractivity contribution < 1.29 is 14.2 Å². The first kappa shape index (κ1) is 20.9. The number of hydrogen-bond acceptors (Lipinski definition) is 4. The van der Waals surface area contributed by atoms with E-state index < -0.39 is 0 Å². The highest BCUT2D eigenvalue weighted by Crippen LogP contribution is 2.28. The van der Waals surface area contributed by atoms with E-state index in [2.05, 4.69) is 31.7 Å². The number of hydrogen-bond donors (Lipinski definition) is 0. The second kappa shape index (κ2) is 13.5. The minimum atomic E-state index is -0.208. The van der Waals surface area contributed by atoms with E-state index in [1.54, 1.807) is 0 Å². The van der Waals surface area contributed by atoms with E-state index in [9.17, 15) is 0 Å². The summed E-state index contributed by atoms with van der Waals surface area (Å²) in [5, 5.41) is 8.61. The van der Waals surface area contributed by atoms with Crippen molar-refractivity contribution in [2.45, 2.75) is 40.0 Å². The molecule has 126 valence electrons. The van der Waals surface area contributed by atoms with Crippen LogP contribution in [0.15, 0.2) is 0 Å². The van der Waals surface area contributed by atoms with E-state index in [1.165, 1.54) is 0 Å². The van der Waals surface area contributed by atoms with Gasteiger partial charge in [-0.05, 0) is 18.8 Å². The summed E-state index contributed by atoms with van der Waals surface area (Å²) < 4.78 is 17.2. The first-order valence-electron chi connectivity index (χ1n) is 8.03. The van der Waals surface area contributed by atoms with Crippen molar-refractivity contribution in [1.29, 1.82) is 5.26 Å². The SMILES string of the molecule is [C-]#[N+]CCOCC(COCCC)(COCCC#N)CC(C)C. The second-order valence-corrected chi connectivity index (χ2v) is 6.05. The lowest BCUT2D eigenvalue weighted by atomic mass is 9.82. The number of rotatable bonds is 14. The summed E-state index contributed by atoms with van der Waals surface area (Å²) in [6, 6.07) is 2.09. The Morgan fingerprint density at radius 3 is 2.18 bits per heavy atom. The van der Waals surface area contributed by atoms with Gasteiger partial charge < -0.3 is 19.1 Å². The van der Waals surface area contributed by atoms with E-state index >= 15 is 0 Å². The molecular weight excluding hydrogens is 280 g/mol. The minimum absolute atomic E-state index is 0.208. The molecule has 0 heterocycles. The zero-order valence-electron chi connectivity index (χ0n) is 14.3. The van der Waals surface area contributed by atoms with Crippen LogP contribution >= 0.6 is 0 Å². The maximum absolute atomic E-state index is 8.61. The molecule has 0 aliphatic carbocycles. The Hall–Kier alpha value is -1.14. The molecule has 5 heteroatoms. The van der Waals surface area contributed by atoms with Gasteiger partial charge in [0.1, 0.15) is 6.61 Å². The third-order valence-corrected chi connectivity index (χ3v) is 3.12. The van der Waals surface area contributed by atoms with Crippen LogP contribution < -0.4 is 0 Å². The Morgan fingerprint density at radius 1 is 1.09 bits per heavy atom. The fraction of sp³-hybridized carbons (Fsp3) is 0.882. The molecule has 0 fully saturated rings. The summed E-state index contributed by atoms with van der Waals surface area (Å²) >= 11 is 0. The topological polar surface area (TPSA) is 55.8 Å². The highest BCUT2D eigenvalue weighted by molar-refractivity contribution is 4.81. The van der Waals surface area contributed by atoms with Gasteiger partial charge in [0, 0.05) is 12.0 Å². The van der Waals surface area contributed by atoms with Crippen molar-refractivity contribution in [3.8, 4) is 6.07 Å². The third-order valence-electron chi connectivity index (χ3n) is 3.12. The molecule has 0 saturated carbocycles. The molecule has 0 saturated heterocycles. The lowest BCUT2D eigenvalue weighted by molar-refractivity contribution is -0.0766. The maximum atomic E-state index is 8.61. The van der Waals surface area contributed by atoms with Crippen LogP contribution in [0.1, 0.15) is 40.0 Å². The highest BCUT2D eigenvalue weighted by Gasteiger charge is 2.32. The Kier molecular flexibility index (Phi) is 12.8. The van der Waals surface area contributed by atoms with Gasteiger partial charge in [0.25, 0.3) is 0 Å². The number of nitrogens with zero attached hydrogens (tertiary/aromatic N) is 2. The smallest absolute Gasteiger partial charge is 0.237 e. The normalized spacial score (nSPS) is 13.5. The van der Waals surface area contributed by atoms with Crippen molar-refractivity contribution in [1.82, 2.24) is 0 Å². The van der Waals surface area contributed by atoms with Crippen molar-refractivity contribution in [3.63, 3.8) is 0 Å². The summed E-state index contributed by atoms with van der Waals surface area (Å²) in [5.74, 6) is 0.495. The number of ether oxygens (including phenoxy) is 3. The van der Waals surface area contributed by atoms with Crippen LogP contribution in [0.3, 0.4) is 0 Å². The van der Waals surface area contributed by atoms with Gasteiger partial charge in [0.2, 0.25) is 6.54 Å². The molecule has 0 spiro atoms. The lowest BCUT2D eigenvalue weighted by Gasteiger charge is -2.34. The second-order valence-electron chi connectivity index (χ2n) is 6.05. The van der Waals surface area contributed by atoms with Crippen LogP contribution in [0, 0.1) is 29.2 Å². The Labute approximate surface area is 135 Å². The number of nitriles is 1. The summed E-state index contributed by atoms with van der Waals surface area (Å²) in [7, 11) is 0. The molecule has 0 bridgehead atoms. The quantitative estimate of drug-likeness (QED) is 0.365. The van der Waals surface area contributed by atoms with Gasteiger partial charge in [-0.1, -0.05) is 20.8 Å². The van der Waals surface area contributed by atoms with Gasteiger partial charge in [0.05, 0.1) is 38.9 Å². The molecule has 1 unspecified atom stereocenters. The fourth-order valence-corrected chi connectivity index (χ4v) is 2.41. The average Bonchev–Trinajstić information content (AvgIpc) is 2.48. The van der Waals surface area contributed by atoms with E-state index in [4.69, 9.17) is 26.0 Å². The van der Waals surface area contributed by atoms with E-state index in [1.807, 2.05) is 0 Å². The predicted octanol–water partition coefficient (Wildman–Crippen LogP) is 3.31. The van der Waals surface area contributed by atoms with Crippen LogP contribution in [0.2, 0.25) is 0 Å². The lowest BCUT2D eigenvalue weighted by Crippen LogP contribution is -2.39. The maximum Gasteiger partial charge on any atom is 0.237 e. The molecule has 5 nitrogen and oxygen atoms in total.